The number of carbonyl (C=O) groups excluding carboxylic acids is 2. The highest BCUT2D eigenvalue weighted by Crippen LogP contribution is 2.22. The van der Waals surface area contributed by atoms with Gasteiger partial charge in [0.2, 0.25) is 11.9 Å². The molecule has 0 atom stereocenters. The van der Waals surface area contributed by atoms with Gasteiger partial charge < -0.3 is 4.57 Å². The number of amides is 1. The number of hydrogen-bond donors (Lipinski definition) is 1. The van der Waals surface area contributed by atoms with E-state index in [1.807, 2.05) is 0 Å². The molecule has 1 N–H and O–H groups in total. The first kappa shape index (κ1) is 13.8. The van der Waals surface area contributed by atoms with E-state index in [4.69, 9.17) is 0 Å². The van der Waals surface area contributed by atoms with Gasteiger partial charge in [-0.2, -0.15) is 4.98 Å². The Balaban J connectivity index is 3.19. The fourth-order valence-corrected chi connectivity index (χ4v) is 1.45. The summed E-state index contributed by atoms with van der Waals surface area (Å²) in [5.41, 5.74) is 0.360. The van der Waals surface area contributed by atoms with Crippen LogP contribution in [0.3, 0.4) is 0 Å². The Morgan fingerprint density at radius 3 is 2.67 bits per heavy atom. The van der Waals surface area contributed by atoms with E-state index in [0.717, 1.165) is 0 Å². The Labute approximate surface area is 105 Å². The van der Waals surface area contributed by atoms with Crippen LogP contribution in [0.5, 0.6) is 0 Å². The molecule has 0 spiro atoms. The van der Waals surface area contributed by atoms with Crippen LogP contribution in [0, 0.1) is 0 Å². The molecular weight excluding hydrogens is 232 g/mol. The second-order valence-corrected chi connectivity index (χ2v) is 3.74. The number of Topliss-reactive ketones (excluding diaryl/α,β-unsaturated/α-hetero) is 1. The summed E-state index contributed by atoms with van der Waals surface area (Å²) >= 11 is 0. The zero-order chi connectivity index (χ0) is 13.7. The molecule has 1 rings (SSSR count). The van der Waals surface area contributed by atoms with Crippen LogP contribution in [-0.4, -0.2) is 27.5 Å². The maximum absolute atomic E-state index is 11.6. The Kier molecular flexibility index (Phi) is 4.53. The number of carbonyl (C=O) groups is 2. The third-order valence-corrected chi connectivity index (χ3v) is 2.18. The van der Waals surface area contributed by atoms with E-state index in [9.17, 15) is 9.59 Å². The summed E-state index contributed by atoms with van der Waals surface area (Å²) < 4.78 is 1.52. The van der Waals surface area contributed by atoms with Gasteiger partial charge in [-0.05, 0) is 0 Å². The van der Waals surface area contributed by atoms with Gasteiger partial charge in [-0.25, -0.2) is 4.99 Å². The van der Waals surface area contributed by atoms with Crippen molar-refractivity contribution in [3.8, 4) is 0 Å². The van der Waals surface area contributed by atoms with Gasteiger partial charge in [0.25, 0.3) is 0 Å². The fraction of sp³-hybridized carbons (Fsp3) is 0.333. The van der Waals surface area contributed by atoms with Crippen molar-refractivity contribution >= 4 is 29.7 Å². The van der Waals surface area contributed by atoms with Crippen molar-refractivity contribution in [3.05, 3.63) is 18.3 Å². The minimum Gasteiger partial charge on any atom is -0.309 e. The van der Waals surface area contributed by atoms with Crippen LogP contribution in [0.1, 0.15) is 30.8 Å². The van der Waals surface area contributed by atoms with Crippen LogP contribution in [0.2, 0.25) is 0 Å². The Morgan fingerprint density at radius 1 is 1.50 bits per heavy atom. The van der Waals surface area contributed by atoms with E-state index >= 15 is 0 Å². The minimum atomic E-state index is -0.250. The quantitative estimate of drug-likeness (QED) is 0.491. The molecule has 6 heteroatoms. The zero-order valence-electron chi connectivity index (χ0n) is 10.7. The molecular formula is C12H16N4O2. The van der Waals surface area contributed by atoms with Gasteiger partial charge in [0.15, 0.2) is 11.6 Å². The van der Waals surface area contributed by atoms with E-state index in [-0.39, 0.29) is 11.7 Å². The first-order chi connectivity index (χ1) is 8.47. The third-order valence-electron chi connectivity index (χ3n) is 2.18. The lowest BCUT2D eigenvalue weighted by Gasteiger charge is -2.02. The maximum Gasteiger partial charge on any atom is 0.223 e. The van der Waals surface area contributed by atoms with Crippen molar-refractivity contribution in [1.82, 2.24) is 9.55 Å². The van der Waals surface area contributed by atoms with Crippen LogP contribution in [0.15, 0.2) is 17.6 Å². The molecule has 0 radical (unpaired) electrons. The van der Waals surface area contributed by atoms with Gasteiger partial charge in [-0.15, -0.1) is 6.58 Å². The molecule has 1 aromatic rings. The van der Waals surface area contributed by atoms with Crippen molar-refractivity contribution in [2.75, 3.05) is 5.32 Å². The lowest BCUT2D eigenvalue weighted by atomic mass is 10.3. The Bertz CT molecular complexity index is 514. The number of anilines is 1. The van der Waals surface area contributed by atoms with Crippen LogP contribution < -0.4 is 5.32 Å². The molecule has 0 aliphatic heterocycles. The average Bonchev–Trinajstić information content (AvgIpc) is 2.55. The number of nitrogens with one attached hydrogen (secondary N) is 1. The highest BCUT2D eigenvalue weighted by molar-refractivity contribution is 5.98. The van der Waals surface area contributed by atoms with Crippen LogP contribution in [-0.2, 0) is 11.8 Å². The molecule has 0 aliphatic rings. The average molecular weight is 248 g/mol. The molecule has 0 unspecified atom stereocenters. The van der Waals surface area contributed by atoms with E-state index in [2.05, 4.69) is 21.9 Å². The molecule has 0 bridgehead atoms. The number of aliphatic imine (C=N–C) groups is 1. The topological polar surface area (TPSA) is 76.3 Å². The van der Waals surface area contributed by atoms with Gasteiger partial charge in [0, 0.05) is 33.5 Å². The van der Waals surface area contributed by atoms with Gasteiger partial charge in [-0.1, -0.05) is 6.08 Å². The minimum absolute atomic E-state index is 0.160. The third kappa shape index (κ3) is 3.13. The largest absolute Gasteiger partial charge is 0.309 e. The van der Waals surface area contributed by atoms with Gasteiger partial charge in [-0.3, -0.25) is 14.9 Å². The highest BCUT2D eigenvalue weighted by Gasteiger charge is 2.17. The van der Waals surface area contributed by atoms with Crippen molar-refractivity contribution in [3.63, 3.8) is 0 Å². The molecule has 96 valence electrons. The molecule has 0 aromatic carbocycles. The van der Waals surface area contributed by atoms with Gasteiger partial charge in [0.05, 0.1) is 0 Å². The van der Waals surface area contributed by atoms with Crippen LogP contribution in [0.25, 0.3) is 0 Å². The molecule has 1 aromatic heterocycles. The molecule has 0 aliphatic carbocycles. The molecule has 1 heterocycles. The summed E-state index contributed by atoms with van der Waals surface area (Å²) in [6.07, 6.45) is 3.89. The number of rotatable bonds is 5. The predicted molar refractivity (Wildman–Crippen MR) is 70.5 cm³/mol. The summed E-state index contributed by atoms with van der Waals surface area (Å²) in [5.74, 6) is 0.196. The number of allylic oxidation sites excluding steroid dienone is 1. The lowest BCUT2D eigenvalue weighted by molar-refractivity contribution is -0.114. The molecule has 0 saturated heterocycles. The van der Waals surface area contributed by atoms with Crippen molar-refractivity contribution < 1.29 is 9.59 Å². The zero-order valence-corrected chi connectivity index (χ0v) is 10.7. The Morgan fingerprint density at radius 2 is 2.17 bits per heavy atom. The van der Waals surface area contributed by atoms with E-state index in [1.165, 1.54) is 18.4 Å². The van der Waals surface area contributed by atoms with Gasteiger partial charge in [0.1, 0.15) is 5.69 Å². The summed E-state index contributed by atoms with van der Waals surface area (Å²) in [5, 5.41) is 2.55. The number of imidazole rings is 1. The summed E-state index contributed by atoms with van der Waals surface area (Å²) in [4.78, 5) is 30.8. The maximum atomic E-state index is 11.6. The van der Waals surface area contributed by atoms with E-state index < -0.39 is 0 Å². The SMILES string of the molecule is C=CC/C=N\c1nc(NC(C)=O)n(C)c1C(C)=O. The number of ketones is 1. The van der Waals surface area contributed by atoms with Crippen molar-refractivity contribution in [2.45, 2.75) is 20.3 Å². The van der Waals surface area contributed by atoms with Crippen LogP contribution in [0.4, 0.5) is 11.8 Å². The van der Waals surface area contributed by atoms with Gasteiger partial charge >= 0.3 is 0 Å². The molecule has 0 saturated carbocycles. The highest BCUT2D eigenvalue weighted by atomic mass is 16.1. The molecule has 1 amide bonds. The fourth-order valence-electron chi connectivity index (χ4n) is 1.45. The monoisotopic (exact) mass is 248 g/mol. The lowest BCUT2D eigenvalue weighted by Crippen LogP contribution is -2.12. The normalized spacial score (nSPS) is 10.6. The van der Waals surface area contributed by atoms with Crippen LogP contribution >= 0.6 is 0 Å². The number of aromatic nitrogens is 2. The Hall–Kier alpha value is -2.24. The predicted octanol–water partition coefficient (Wildman–Crippen LogP) is 1.86. The number of nitrogens with zero attached hydrogens (tertiary/aromatic N) is 3. The summed E-state index contributed by atoms with van der Waals surface area (Å²) in [6, 6.07) is 0. The molecule has 0 fully saturated rings. The van der Waals surface area contributed by atoms with E-state index in [0.29, 0.717) is 23.9 Å². The molecule has 18 heavy (non-hydrogen) atoms. The standard InChI is InChI=1S/C12H16N4O2/c1-5-6-7-13-11-10(8(2)17)16(4)12(15-11)14-9(3)18/h5,7H,1,6H2,2-4H3,(H,14,15,18)/b13-7-. The second-order valence-electron chi connectivity index (χ2n) is 3.74. The summed E-state index contributed by atoms with van der Waals surface area (Å²) in [6.45, 7) is 6.38. The summed E-state index contributed by atoms with van der Waals surface area (Å²) in [7, 11) is 1.65. The molecule has 6 nitrogen and oxygen atoms in total. The van der Waals surface area contributed by atoms with Crippen molar-refractivity contribution in [2.24, 2.45) is 12.0 Å². The number of hydrogen-bond acceptors (Lipinski definition) is 4. The smallest absolute Gasteiger partial charge is 0.223 e. The first-order valence-electron chi connectivity index (χ1n) is 5.46. The van der Waals surface area contributed by atoms with E-state index in [1.54, 1.807) is 19.3 Å². The van der Waals surface area contributed by atoms with Crippen molar-refractivity contribution in [1.29, 1.82) is 0 Å². The second kappa shape index (κ2) is 5.90. The first-order valence-corrected chi connectivity index (χ1v) is 5.46.